The Kier molecular flexibility index (Phi) is 4.07. The number of nitro benzene ring substituents is 1. The zero-order valence-corrected chi connectivity index (χ0v) is 12.1. The van der Waals surface area contributed by atoms with Crippen LogP contribution in [0, 0.1) is 17.0 Å². The highest BCUT2D eigenvalue weighted by Crippen LogP contribution is 2.25. The van der Waals surface area contributed by atoms with Crippen LogP contribution in [0.1, 0.15) is 34.6 Å². The van der Waals surface area contributed by atoms with Gasteiger partial charge in [-0.1, -0.05) is 12.1 Å². The highest BCUT2D eigenvalue weighted by Gasteiger charge is 2.22. The summed E-state index contributed by atoms with van der Waals surface area (Å²) in [7, 11) is 1.66. The summed E-state index contributed by atoms with van der Waals surface area (Å²) < 4.78 is 5.14. The fourth-order valence-electron chi connectivity index (χ4n) is 2.09. The van der Waals surface area contributed by atoms with Gasteiger partial charge in [-0.15, -0.1) is 0 Å². The second-order valence-corrected chi connectivity index (χ2v) is 4.83. The number of rotatable bonds is 4. The first-order valence-electron chi connectivity index (χ1n) is 6.47. The molecule has 0 bridgehead atoms. The first-order valence-corrected chi connectivity index (χ1v) is 6.47. The predicted molar refractivity (Wildman–Crippen MR) is 77.0 cm³/mol. The van der Waals surface area contributed by atoms with Gasteiger partial charge in [-0.2, -0.15) is 0 Å². The van der Waals surface area contributed by atoms with Crippen molar-refractivity contribution in [3.63, 3.8) is 0 Å². The van der Waals surface area contributed by atoms with Crippen molar-refractivity contribution in [1.29, 1.82) is 0 Å². The Morgan fingerprint density at radius 1 is 1.38 bits per heavy atom. The van der Waals surface area contributed by atoms with E-state index >= 15 is 0 Å². The predicted octanol–water partition coefficient (Wildman–Crippen LogP) is 3.33. The molecular weight excluding hydrogens is 272 g/mol. The van der Waals surface area contributed by atoms with Crippen molar-refractivity contribution in [2.75, 3.05) is 7.05 Å². The van der Waals surface area contributed by atoms with E-state index in [1.54, 1.807) is 32.2 Å². The molecule has 2 aromatic rings. The molecular formula is C15H16N2O4. The fourth-order valence-corrected chi connectivity index (χ4v) is 2.09. The standard InChI is InChI=1S/C15H16N2O4/c1-10(12-5-4-6-13(9-12)17(19)20)16(3)15(18)14-7-8-21-11(14)2/h4-10H,1-3H3/t10-/m1/s1. The third kappa shape index (κ3) is 2.94. The molecule has 110 valence electrons. The van der Waals surface area contributed by atoms with E-state index in [0.29, 0.717) is 16.9 Å². The maximum Gasteiger partial charge on any atom is 0.269 e. The molecule has 2 rings (SSSR count). The van der Waals surface area contributed by atoms with Crippen molar-refractivity contribution < 1.29 is 14.1 Å². The average Bonchev–Trinajstić information content (AvgIpc) is 2.91. The molecule has 1 aromatic heterocycles. The lowest BCUT2D eigenvalue weighted by atomic mass is 10.1. The summed E-state index contributed by atoms with van der Waals surface area (Å²) in [5, 5.41) is 10.8. The molecule has 1 amide bonds. The molecule has 0 fully saturated rings. The molecule has 0 saturated heterocycles. The molecule has 0 saturated carbocycles. The smallest absolute Gasteiger partial charge is 0.269 e. The van der Waals surface area contributed by atoms with Crippen LogP contribution in [0.15, 0.2) is 41.0 Å². The van der Waals surface area contributed by atoms with Crippen molar-refractivity contribution in [2.24, 2.45) is 0 Å². The van der Waals surface area contributed by atoms with Gasteiger partial charge in [0.25, 0.3) is 11.6 Å². The lowest BCUT2D eigenvalue weighted by Gasteiger charge is -2.25. The number of carbonyl (C=O) groups is 1. The van der Waals surface area contributed by atoms with Gasteiger partial charge in [-0.05, 0) is 25.5 Å². The van der Waals surface area contributed by atoms with E-state index in [1.165, 1.54) is 23.3 Å². The normalized spacial score (nSPS) is 12.0. The second-order valence-electron chi connectivity index (χ2n) is 4.83. The summed E-state index contributed by atoms with van der Waals surface area (Å²) in [6.45, 7) is 3.55. The number of hydrogen-bond acceptors (Lipinski definition) is 4. The van der Waals surface area contributed by atoms with Gasteiger partial charge in [-0.25, -0.2) is 0 Å². The Balaban J connectivity index is 2.25. The molecule has 0 radical (unpaired) electrons. The van der Waals surface area contributed by atoms with Crippen LogP contribution in [0.2, 0.25) is 0 Å². The van der Waals surface area contributed by atoms with Crippen LogP contribution in [-0.4, -0.2) is 22.8 Å². The van der Waals surface area contributed by atoms with Crippen LogP contribution in [0.5, 0.6) is 0 Å². The Labute approximate surface area is 122 Å². The number of nitro groups is 1. The molecule has 0 aliphatic rings. The summed E-state index contributed by atoms with van der Waals surface area (Å²) in [5.74, 6) is 0.373. The van der Waals surface area contributed by atoms with Crippen LogP contribution in [0.4, 0.5) is 5.69 Å². The minimum absolute atomic E-state index is 0.0136. The molecule has 6 heteroatoms. The lowest BCUT2D eigenvalue weighted by molar-refractivity contribution is -0.384. The van der Waals surface area contributed by atoms with Crippen molar-refractivity contribution in [3.8, 4) is 0 Å². The molecule has 0 N–H and O–H groups in total. The van der Waals surface area contributed by atoms with E-state index < -0.39 is 4.92 Å². The summed E-state index contributed by atoms with van der Waals surface area (Å²) in [4.78, 5) is 24.3. The monoisotopic (exact) mass is 288 g/mol. The van der Waals surface area contributed by atoms with Gasteiger partial charge in [0.15, 0.2) is 0 Å². The van der Waals surface area contributed by atoms with Gasteiger partial charge in [0.2, 0.25) is 0 Å². The maximum absolute atomic E-state index is 12.4. The summed E-state index contributed by atoms with van der Waals surface area (Å²) in [6.07, 6.45) is 1.47. The quantitative estimate of drug-likeness (QED) is 0.638. The van der Waals surface area contributed by atoms with Gasteiger partial charge < -0.3 is 9.32 Å². The Bertz CT molecular complexity index is 678. The van der Waals surface area contributed by atoms with Crippen LogP contribution in [0.25, 0.3) is 0 Å². The molecule has 0 aliphatic heterocycles. The second kappa shape index (κ2) is 5.78. The summed E-state index contributed by atoms with van der Waals surface area (Å²) in [5.41, 5.74) is 1.22. The van der Waals surface area contributed by atoms with E-state index in [1.807, 2.05) is 6.92 Å². The lowest BCUT2D eigenvalue weighted by Crippen LogP contribution is -2.29. The van der Waals surface area contributed by atoms with Crippen LogP contribution in [-0.2, 0) is 0 Å². The molecule has 6 nitrogen and oxygen atoms in total. The van der Waals surface area contributed by atoms with Gasteiger partial charge >= 0.3 is 0 Å². The molecule has 21 heavy (non-hydrogen) atoms. The van der Waals surface area contributed by atoms with Gasteiger partial charge in [-0.3, -0.25) is 14.9 Å². The molecule has 0 aliphatic carbocycles. The molecule has 1 atom stereocenters. The molecule has 0 spiro atoms. The molecule has 0 unspecified atom stereocenters. The number of carbonyl (C=O) groups excluding carboxylic acids is 1. The van der Waals surface area contributed by atoms with Gasteiger partial charge in [0.05, 0.1) is 22.8 Å². The van der Waals surface area contributed by atoms with Gasteiger partial charge in [0.1, 0.15) is 5.76 Å². The summed E-state index contributed by atoms with van der Waals surface area (Å²) >= 11 is 0. The van der Waals surface area contributed by atoms with E-state index in [2.05, 4.69) is 0 Å². The minimum atomic E-state index is -0.446. The SMILES string of the molecule is Cc1occc1C(=O)N(C)[C@H](C)c1cccc([N+](=O)[O-])c1. The third-order valence-corrected chi connectivity index (χ3v) is 3.55. The van der Waals surface area contributed by atoms with E-state index in [9.17, 15) is 14.9 Å². The number of hydrogen-bond donors (Lipinski definition) is 0. The van der Waals surface area contributed by atoms with Crippen LogP contribution < -0.4 is 0 Å². The molecule has 1 heterocycles. The van der Waals surface area contributed by atoms with E-state index in [0.717, 1.165) is 0 Å². The highest BCUT2D eigenvalue weighted by molar-refractivity contribution is 5.95. The van der Waals surface area contributed by atoms with Crippen LogP contribution >= 0.6 is 0 Å². The van der Waals surface area contributed by atoms with Crippen molar-refractivity contribution in [3.05, 3.63) is 63.6 Å². The number of non-ortho nitro benzene ring substituents is 1. The average molecular weight is 288 g/mol. The van der Waals surface area contributed by atoms with Gasteiger partial charge in [0, 0.05) is 19.2 Å². The summed E-state index contributed by atoms with van der Waals surface area (Å²) in [6, 6.07) is 7.63. The minimum Gasteiger partial charge on any atom is -0.469 e. The zero-order valence-electron chi connectivity index (χ0n) is 12.1. The van der Waals surface area contributed by atoms with Crippen molar-refractivity contribution in [1.82, 2.24) is 4.90 Å². The highest BCUT2D eigenvalue weighted by atomic mass is 16.6. The number of furan rings is 1. The Hall–Kier alpha value is -2.63. The Morgan fingerprint density at radius 2 is 2.10 bits per heavy atom. The van der Waals surface area contributed by atoms with Crippen molar-refractivity contribution >= 4 is 11.6 Å². The first-order chi connectivity index (χ1) is 9.91. The Morgan fingerprint density at radius 3 is 2.67 bits per heavy atom. The number of aryl methyl sites for hydroxylation is 1. The first kappa shape index (κ1) is 14.8. The topological polar surface area (TPSA) is 76.6 Å². The number of benzene rings is 1. The van der Waals surface area contributed by atoms with E-state index in [4.69, 9.17) is 4.42 Å². The zero-order chi connectivity index (χ0) is 15.6. The number of amides is 1. The third-order valence-electron chi connectivity index (χ3n) is 3.55. The van der Waals surface area contributed by atoms with E-state index in [-0.39, 0.29) is 17.6 Å². The fraction of sp³-hybridized carbons (Fsp3) is 0.267. The maximum atomic E-state index is 12.4. The largest absolute Gasteiger partial charge is 0.469 e. The van der Waals surface area contributed by atoms with Crippen molar-refractivity contribution in [2.45, 2.75) is 19.9 Å². The molecule has 1 aromatic carbocycles. The number of nitrogens with zero attached hydrogens (tertiary/aromatic N) is 2. The van der Waals surface area contributed by atoms with Crippen LogP contribution in [0.3, 0.4) is 0 Å².